The first kappa shape index (κ1) is 28.5. The van der Waals surface area contributed by atoms with E-state index < -0.39 is 44.0 Å². The summed E-state index contributed by atoms with van der Waals surface area (Å²) in [5.74, 6) is -0.518. The lowest BCUT2D eigenvalue weighted by Crippen LogP contribution is -2.67. The number of aromatic nitrogens is 2. The van der Waals surface area contributed by atoms with Crippen molar-refractivity contribution in [3.63, 3.8) is 0 Å². The second-order valence-corrected chi connectivity index (χ2v) is 15.5. The molecule has 0 radical (unpaired) electrons. The van der Waals surface area contributed by atoms with Crippen molar-refractivity contribution in [3.05, 3.63) is 130 Å². The molecule has 41 heavy (non-hydrogen) atoms. The number of esters is 1. The van der Waals surface area contributed by atoms with E-state index in [1.807, 2.05) is 42.5 Å². The highest BCUT2D eigenvalue weighted by atomic mass is 28.4. The van der Waals surface area contributed by atoms with E-state index in [0.29, 0.717) is 12.0 Å². The Labute approximate surface area is 239 Å². The number of carbonyl (C=O) groups is 1. The maximum atomic E-state index is 13.0. The molecule has 8 nitrogen and oxygen atoms in total. The molecular formula is C32H34N2O6Si. The molecule has 3 atom stereocenters. The van der Waals surface area contributed by atoms with Gasteiger partial charge in [-0.1, -0.05) is 99.6 Å². The fourth-order valence-electron chi connectivity index (χ4n) is 5.56. The van der Waals surface area contributed by atoms with Crippen molar-refractivity contribution in [2.45, 2.75) is 50.7 Å². The molecule has 1 aromatic heterocycles. The van der Waals surface area contributed by atoms with Crippen LogP contribution in [0.5, 0.6) is 0 Å². The molecule has 2 heterocycles. The number of rotatable bonds is 8. The summed E-state index contributed by atoms with van der Waals surface area (Å²) in [7, 11) is -2.85. The molecule has 0 bridgehead atoms. The van der Waals surface area contributed by atoms with Crippen molar-refractivity contribution in [2.24, 2.45) is 0 Å². The van der Waals surface area contributed by atoms with E-state index in [4.69, 9.17) is 13.9 Å². The number of aromatic amines is 1. The van der Waals surface area contributed by atoms with Gasteiger partial charge >= 0.3 is 11.7 Å². The summed E-state index contributed by atoms with van der Waals surface area (Å²) >= 11 is 0. The number of hydrogen-bond acceptors (Lipinski definition) is 6. The minimum Gasteiger partial charge on any atom is -0.454 e. The molecule has 1 N–H and O–H groups in total. The summed E-state index contributed by atoms with van der Waals surface area (Å²) in [6.45, 7) is 6.81. The fourth-order valence-corrected chi connectivity index (χ4v) is 10.2. The third-order valence-corrected chi connectivity index (χ3v) is 12.4. The van der Waals surface area contributed by atoms with Crippen molar-refractivity contribution in [2.75, 3.05) is 6.61 Å². The third kappa shape index (κ3) is 5.88. The van der Waals surface area contributed by atoms with E-state index in [1.54, 1.807) is 24.3 Å². The van der Waals surface area contributed by atoms with Crippen LogP contribution < -0.4 is 21.6 Å². The topological polar surface area (TPSA) is 99.6 Å². The minimum atomic E-state index is -2.85. The van der Waals surface area contributed by atoms with Crippen LogP contribution >= 0.6 is 0 Å². The Bertz CT molecular complexity index is 1540. The Hall–Kier alpha value is -4.05. The molecule has 0 aliphatic carbocycles. The lowest BCUT2D eigenvalue weighted by Gasteiger charge is -2.43. The van der Waals surface area contributed by atoms with Crippen LogP contribution in [0.3, 0.4) is 0 Å². The summed E-state index contributed by atoms with van der Waals surface area (Å²) in [6.07, 6.45) is -0.513. The van der Waals surface area contributed by atoms with Gasteiger partial charge in [-0.05, 0) is 27.5 Å². The van der Waals surface area contributed by atoms with Crippen molar-refractivity contribution in [3.8, 4) is 0 Å². The quantitative estimate of drug-likeness (QED) is 0.257. The minimum absolute atomic E-state index is 0.223. The van der Waals surface area contributed by atoms with Gasteiger partial charge in [0, 0.05) is 18.7 Å². The zero-order chi connectivity index (χ0) is 29.0. The maximum absolute atomic E-state index is 13.0. The van der Waals surface area contributed by atoms with Gasteiger partial charge in [0.05, 0.1) is 18.3 Å². The van der Waals surface area contributed by atoms with Gasteiger partial charge < -0.3 is 13.9 Å². The van der Waals surface area contributed by atoms with E-state index in [0.717, 1.165) is 10.4 Å². The van der Waals surface area contributed by atoms with Crippen molar-refractivity contribution in [1.82, 2.24) is 9.55 Å². The van der Waals surface area contributed by atoms with Gasteiger partial charge in [0.15, 0.2) is 6.23 Å². The third-order valence-electron chi connectivity index (χ3n) is 7.44. The number of benzene rings is 3. The van der Waals surface area contributed by atoms with Crippen LogP contribution in [0.4, 0.5) is 0 Å². The average Bonchev–Trinajstić information content (AvgIpc) is 3.36. The summed E-state index contributed by atoms with van der Waals surface area (Å²) < 4.78 is 20.6. The van der Waals surface area contributed by atoms with Crippen LogP contribution in [0, 0.1) is 0 Å². The summed E-state index contributed by atoms with van der Waals surface area (Å²) in [5, 5.41) is 2.04. The number of hydrogen-bond donors (Lipinski definition) is 1. The van der Waals surface area contributed by atoms with E-state index in [-0.39, 0.29) is 11.6 Å². The van der Waals surface area contributed by atoms with Gasteiger partial charge in [0.2, 0.25) is 0 Å². The Morgan fingerprint density at radius 1 is 0.902 bits per heavy atom. The first-order valence-electron chi connectivity index (χ1n) is 13.7. The standard InChI is InChI=1S/C32H34N2O6Si/c1-32(2,3)41(25-15-9-5-10-16-25,26-17-11-6-12-18-26)38-22-24-21-27(40-30(36)23-13-7-4-8-14-23)29(39-24)34-20-19-28(35)33-31(34)37/h4-20,24,27,29H,21-22H2,1-3H3,(H,33,35,37)/t24-,27-,29+/m0/s1. The largest absolute Gasteiger partial charge is 0.454 e. The first-order valence-corrected chi connectivity index (χ1v) is 15.6. The first-order chi connectivity index (χ1) is 19.7. The zero-order valence-corrected chi connectivity index (χ0v) is 24.4. The zero-order valence-electron chi connectivity index (χ0n) is 23.4. The number of ether oxygens (including phenoxy) is 2. The average molecular weight is 571 g/mol. The molecule has 0 unspecified atom stereocenters. The van der Waals surface area contributed by atoms with Crippen LogP contribution in [0.1, 0.15) is 43.8 Å². The van der Waals surface area contributed by atoms with Gasteiger partial charge in [-0.2, -0.15) is 0 Å². The van der Waals surface area contributed by atoms with Crippen molar-refractivity contribution < 1.29 is 18.7 Å². The SMILES string of the molecule is CC(C)(C)[Si](OC[C@@H]1C[C@H](OC(=O)c2ccccc2)[C@H](n2ccc(=O)[nH]c2=O)O1)(c1ccccc1)c1ccccc1. The summed E-state index contributed by atoms with van der Waals surface area (Å²) in [6, 6.07) is 30.5. The Morgan fingerprint density at radius 3 is 2.00 bits per heavy atom. The molecule has 5 rings (SSSR count). The van der Waals surface area contributed by atoms with Crippen molar-refractivity contribution >= 4 is 24.7 Å². The molecule has 1 fully saturated rings. The van der Waals surface area contributed by atoms with Gasteiger partial charge in [-0.3, -0.25) is 14.3 Å². The molecule has 1 saturated heterocycles. The lowest BCUT2D eigenvalue weighted by molar-refractivity contribution is -0.0587. The molecule has 9 heteroatoms. The Morgan fingerprint density at radius 2 is 1.46 bits per heavy atom. The normalized spacial score (nSPS) is 19.1. The number of carbonyl (C=O) groups excluding carboxylic acids is 1. The lowest BCUT2D eigenvalue weighted by atomic mass is 10.2. The smallest absolute Gasteiger partial charge is 0.338 e. The predicted molar refractivity (Wildman–Crippen MR) is 159 cm³/mol. The second-order valence-electron chi connectivity index (χ2n) is 11.2. The fraction of sp³-hybridized carbons (Fsp3) is 0.281. The molecule has 0 spiro atoms. The van der Waals surface area contributed by atoms with E-state index in [9.17, 15) is 14.4 Å². The Balaban J connectivity index is 1.47. The van der Waals surface area contributed by atoms with Crippen LogP contribution in [0.25, 0.3) is 0 Å². The molecule has 0 saturated carbocycles. The second kappa shape index (κ2) is 11.8. The number of nitrogens with one attached hydrogen (secondary N) is 1. The highest BCUT2D eigenvalue weighted by molar-refractivity contribution is 6.99. The van der Waals surface area contributed by atoms with E-state index >= 15 is 0 Å². The molecule has 0 amide bonds. The van der Waals surface area contributed by atoms with Crippen LogP contribution in [0.15, 0.2) is 113 Å². The predicted octanol–water partition coefficient (Wildman–Crippen LogP) is 3.63. The Kier molecular flexibility index (Phi) is 8.21. The molecule has 212 valence electrons. The molecule has 1 aliphatic rings. The van der Waals surface area contributed by atoms with Gasteiger partial charge in [-0.25, -0.2) is 9.59 Å². The molecule has 4 aromatic rings. The number of nitrogens with zero attached hydrogens (tertiary/aromatic N) is 1. The van der Waals surface area contributed by atoms with E-state index in [1.165, 1.54) is 16.8 Å². The maximum Gasteiger partial charge on any atom is 0.338 e. The highest BCUT2D eigenvalue weighted by Crippen LogP contribution is 2.38. The van der Waals surface area contributed by atoms with Gasteiger partial charge in [0.25, 0.3) is 13.9 Å². The van der Waals surface area contributed by atoms with Crippen LogP contribution in [0.2, 0.25) is 5.04 Å². The molecular weight excluding hydrogens is 536 g/mol. The van der Waals surface area contributed by atoms with Gasteiger partial charge in [0.1, 0.15) is 6.10 Å². The van der Waals surface area contributed by atoms with Crippen LogP contribution in [-0.4, -0.2) is 42.7 Å². The van der Waals surface area contributed by atoms with Gasteiger partial charge in [-0.15, -0.1) is 0 Å². The van der Waals surface area contributed by atoms with Crippen LogP contribution in [-0.2, 0) is 13.9 Å². The molecule has 1 aliphatic heterocycles. The molecule has 3 aromatic carbocycles. The number of H-pyrrole nitrogens is 1. The highest BCUT2D eigenvalue weighted by Gasteiger charge is 2.51. The van der Waals surface area contributed by atoms with E-state index in [2.05, 4.69) is 50.0 Å². The van der Waals surface area contributed by atoms with Crippen molar-refractivity contribution in [1.29, 1.82) is 0 Å². The monoisotopic (exact) mass is 570 g/mol. The summed E-state index contributed by atoms with van der Waals surface area (Å²) in [5.41, 5.74) is -0.766. The summed E-state index contributed by atoms with van der Waals surface area (Å²) in [4.78, 5) is 39.7.